The van der Waals surface area contributed by atoms with Gasteiger partial charge in [0.25, 0.3) is 10.1 Å². The summed E-state index contributed by atoms with van der Waals surface area (Å²) in [6, 6.07) is 1.55. The Balaban J connectivity index is -0.00000112. The van der Waals surface area contributed by atoms with E-state index in [1.54, 1.807) is 20.8 Å². The zero-order chi connectivity index (χ0) is 13.2. The van der Waals surface area contributed by atoms with Gasteiger partial charge in [-0.2, -0.15) is 8.42 Å². The number of carboxylic acids is 1. The molecule has 0 aromatic carbocycles. The zero-order valence-corrected chi connectivity index (χ0v) is 13.0. The van der Waals surface area contributed by atoms with E-state index < -0.39 is 28.5 Å². The molecule has 8 heteroatoms. The first-order valence-electron chi connectivity index (χ1n) is 5.33. The Bertz CT molecular complexity index is 363. The summed E-state index contributed by atoms with van der Waals surface area (Å²) < 4.78 is 30.1. The van der Waals surface area contributed by atoms with Crippen LogP contribution in [0.25, 0.3) is 0 Å². The van der Waals surface area contributed by atoms with Gasteiger partial charge in [-0.15, -0.1) is 0 Å². The van der Waals surface area contributed by atoms with Gasteiger partial charge in [0.05, 0.1) is 8.07 Å². The van der Waals surface area contributed by atoms with Crippen molar-refractivity contribution < 1.29 is 43.2 Å². The Labute approximate surface area is 117 Å². The van der Waals surface area contributed by atoms with Crippen LogP contribution in [0.5, 0.6) is 0 Å². The summed E-state index contributed by atoms with van der Waals surface area (Å²) >= 11 is 0. The Morgan fingerprint density at radius 3 is 1.59 bits per heavy atom. The van der Waals surface area contributed by atoms with Gasteiger partial charge in [-0.1, -0.05) is 38.9 Å². The second-order valence-corrected chi connectivity index (χ2v) is 12.0. The molecule has 2 N–H and O–H groups in total. The van der Waals surface area contributed by atoms with Gasteiger partial charge < -0.3 is 6.53 Å². The topological polar surface area (TPSA) is 91.7 Å². The first-order chi connectivity index (χ1) is 7.13. The summed E-state index contributed by atoms with van der Waals surface area (Å²) in [5.74, 6) is -1.44. The molecule has 0 heterocycles. The van der Waals surface area contributed by atoms with Crippen LogP contribution in [0.3, 0.4) is 0 Å². The van der Waals surface area contributed by atoms with Gasteiger partial charge in [-0.05, 0) is 6.92 Å². The Morgan fingerprint density at radius 1 is 1.24 bits per heavy atom. The molecule has 0 aliphatic heterocycles. The van der Waals surface area contributed by atoms with Gasteiger partial charge in [-0.25, -0.2) is 0 Å². The molecule has 0 aliphatic rings. The van der Waals surface area contributed by atoms with E-state index in [-0.39, 0.29) is 20.3 Å². The predicted octanol–water partition coefficient (Wildman–Crippen LogP) is -1.12. The molecule has 0 aliphatic carbocycles. The van der Waals surface area contributed by atoms with Crippen LogP contribution >= 0.6 is 0 Å². The molecular formula is C9H21LiO5SSi. The minimum atomic E-state index is -4.60. The van der Waals surface area contributed by atoms with Gasteiger partial charge in [0.1, 0.15) is 0 Å². The largest absolute Gasteiger partial charge is 1.00 e. The monoisotopic (exact) mass is 276 g/mol. The maximum atomic E-state index is 11.4. The number of carbonyl (C=O) groups is 1. The van der Waals surface area contributed by atoms with Crippen molar-refractivity contribution in [2.45, 2.75) is 50.2 Å². The normalized spacial score (nSPS) is 15.8. The SMILES string of the molecule is CC[Si](CC)(CC)C(C)(C(=O)O)S(=O)(=O)O.[H-].[Li+]. The van der Waals surface area contributed by atoms with Crippen LogP contribution in [-0.2, 0) is 14.9 Å². The van der Waals surface area contributed by atoms with E-state index in [2.05, 4.69) is 0 Å². The van der Waals surface area contributed by atoms with E-state index in [0.717, 1.165) is 6.92 Å². The van der Waals surface area contributed by atoms with Crippen molar-refractivity contribution in [1.82, 2.24) is 0 Å². The van der Waals surface area contributed by atoms with Crippen molar-refractivity contribution in [3.05, 3.63) is 0 Å². The van der Waals surface area contributed by atoms with Crippen LogP contribution in [0.2, 0.25) is 18.1 Å². The summed E-state index contributed by atoms with van der Waals surface area (Å²) in [6.45, 7) is 6.54. The number of aliphatic carboxylic acids is 1. The average molecular weight is 276 g/mol. The molecule has 0 rings (SSSR count). The van der Waals surface area contributed by atoms with Crippen LogP contribution in [-0.4, -0.2) is 36.5 Å². The summed E-state index contributed by atoms with van der Waals surface area (Å²) in [5.41, 5.74) is 0. The van der Waals surface area contributed by atoms with E-state index in [4.69, 9.17) is 0 Å². The minimum absolute atomic E-state index is 0. The number of hydrogen-bond donors (Lipinski definition) is 2. The van der Waals surface area contributed by atoms with Crippen LogP contribution in [0.1, 0.15) is 29.1 Å². The smallest absolute Gasteiger partial charge is 1.00 e. The standard InChI is InChI=1S/C9H20O5SSi.Li.H/c1-5-16(6-2,7-3)9(4,8(10)11)15(12,13)14;;/h5-7H2,1-4H3,(H,10,11)(H,12,13,14);;/q;+1;-1. The number of hydrogen-bond acceptors (Lipinski definition) is 3. The number of carboxylic acid groups (broad SMARTS) is 1. The quantitative estimate of drug-likeness (QED) is 0.474. The molecule has 0 aromatic heterocycles. The number of rotatable bonds is 6. The molecule has 0 amide bonds. The Hall–Kier alpha value is 0.194. The molecule has 0 bridgehead atoms. The molecule has 0 spiro atoms. The van der Waals surface area contributed by atoms with Crippen LogP contribution in [0, 0.1) is 0 Å². The van der Waals surface area contributed by atoms with Crippen LogP contribution in [0.15, 0.2) is 0 Å². The minimum Gasteiger partial charge on any atom is -1.00 e. The van der Waals surface area contributed by atoms with Gasteiger partial charge in [0, 0.05) is 0 Å². The average Bonchev–Trinajstić information content (AvgIpc) is 2.18. The van der Waals surface area contributed by atoms with Crippen molar-refractivity contribution >= 4 is 24.2 Å². The summed E-state index contributed by atoms with van der Waals surface area (Å²) in [6.07, 6.45) is 0. The molecule has 1 unspecified atom stereocenters. The van der Waals surface area contributed by atoms with E-state index in [9.17, 15) is 22.9 Å². The third kappa shape index (κ3) is 2.96. The summed E-state index contributed by atoms with van der Waals surface area (Å²) in [7, 11) is -7.20. The van der Waals surface area contributed by atoms with Gasteiger partial charge in [0.2, 0.25) is 0 Å². The van der Waals surface area contributed by atoms with E-state index in [1.165, 1.54) is 0 Å². The van der Waals surface area contributed by atoms with Crippen molar-refractivity contribution in [2.24, 2.45) is 0 Å². The first kappa shape index (κ1) is 19.5. The van der Waals surface area contributed by atoms with Crippen molar-refractivity contribution in [2.75, 3.05) is 0 Å². The Morgan fingerprint density at radius 2 is 1.53 bits per heavy atom. The molecule has 1 atom stereocenters. The summed E-state index contributed by atoms with van der Waals surface area (Å²) in [4.78, 5) is 11.3. The molecule has 0 fully saturated rings. The van der Waals surface area contributed by atoms with E-state index >= 15 is 0 Å². The van der Waals surface area contributed by atoms with Crippen molar-refractivity contribution in [3.8, 4) is 0 Å². The van der Waals surface area contributed by atoms with Crippen LogP contribution < -0.4 is 18.9 Å². The molecule has 5 nitrogen and oxygen atoms in total. The zero-order valence-electron chi connectivity index (χ0n) is 12.1. The third-order valence-electron chi connectivity index (χ3n) is 3.97. The first-order valence-corrected chi connectivity index (χ1v) is 9.39. The fourth-order valence-corrected chi connectivity index (χ4v) is 10.1. The second-order valence-electron chi connectivity index (χ2n) is 4.15. The van der Waals surface area contributed by atoms with Gasteiger partial charge in [0.15, 0.2) is 4.37 Å². The maximum absolute atomic E-state index is 11.4. The summed E-state index contributed by atoms with van der Waals surface area (Å²) in [5, 5.41) is 9.19. The second kappa shape index (κ2) is 6.39. The van der Waals surface area contributed by atoms with E-state index in [0.29, 0.717) is 18.1 Å². The van der Waals surface area contributed by atoms with E-state index in [1.807, 2.05) is 0 Å². The molecule has 17 heavy (non-hydrogen) atoms. The fraction of sp³-hybridized carbons (Fsp3) is 0.889. The molecule has 0 radical (unpaired) electrons. The molecular weight excluding hydrogens is 255 g/mol. The molecule has 0 saturated carbocycles. The maximum Gasteiger partial charge on any atom is 1.00 e. The molecule has 98 valence electrons. The Kier molecular flexibility index (Phi) is 7.34. The van der Waals surface area contributed by atoms with Gasteiger partial charge >= 0.3 is 24.8 Å². The van der Waals surface area contributed by atoms with Crippen molar-refractivity contribution in [1.29, 1.82) is 0 Å². The van der Waals surface area contributed by atoms with Crippen LogP contribution in [0.4, 0.5) is 0 Å². The molecule has 0 aromatic rings. The third-order valence-corrected chi connectivity index (χ3v) is 13.5. The predicted molar refractivity (Wildman–Crippen MR) is 65.9 cm³/mol. The van der Waals surface area contributed by atoms with Crippen molar-refractivity contribution in [3.63, 3.8) is 0 Å². The van der Waals surface area contributed by atoms with Gasteiger partial charge in [-0.3, -0.25) is 9.35 Å². The molecule has 0 saturated heterocycles. The fourth-order valence-electron chi connectivity index (χ4n) is 2.37.